The third-order valence-electron chi connectivity index (χ3n) is 3.38. The van der Waals surface area contributed by atoms with Crippen LogP contribution in [0.4, 0.5) is 5.69 Å². The molecular formula is C16H19NO3. The van der Waals surface area contributed by atoms with Gasteiger partial charge in [0.15, 0.2) is 0 Å². The van der Waals surface area contributed by atoms with Gasteiger partial charge in [0.2, 0.25) is 0 Å². The predicted molar refractivity (Wildman–Crippen MR) is 77.3 cm³/mol. The summed E-state index contributed by atoms with van der Waals surface area (Å²) in [5, 5.41) is 0. The smallest absolute Gasteiger partial charge is 0.316 e. The fourth-order valence-electron chi connectivity index (χ4n) is 2.20. The summed E-state index contributed by atoms with van der Waals surface area (Å²) in [6.45, 7) is 4.01. The molecule has 1 aromatic heterocycles. The molecule has 4 heteroatoms. The minimum absolute atomic E-state index is 0.263. The van der Waals surface area contributed by atoms with E-state index in [-0.39, 0.29) is 5.97 Å². The molecule has 0 amide bonds. The summed E-state index contributed by atoms with van der Waals surface area (Å²) in [6.07, 6.45) is 2.05. The molecule has 0 aliphatic heterocycles. The van der Waals surface area contributed by atoms with Crippen LogP contribution in [0.3, 0.4) is 0 Å². The molecule has 1 heterocycles. The maximum atomic E-state index is 12.4. The molecule has 2 aromatic rings. The van der Waals surface area contributed by atoms with E-state index in [1.165, 1.54) is 0 Å². The number of hydrogen-bond donors (Lipinski definition) is 1. The minimum atomic E-state index is -0.790. The Morgan fingerprint density at radius 1 is 1.30 bits per heavy atom. The van der Waals surface area contributed by atoms with Crippen LogP contribution in [0.1, 0.15) is 25.2 Å². The number of nitrogens with two attached hydrogens (primary N) is 1. The average molecular weight is 273 g/mol. The van der Waals surface area contributed by atoms with E-state index in [2.05, 4.69) is 0 Å². The van der Waals surface area contributed by atoms with Crippen molar-refractivity contribution < 1.29 is 13.9 Å². The van der Waals surface area contributed by atoms with Crippen molar-refractivity contribution in [3.8, 4) is 0 Å². The van der Waals surface area contributed by atoms with E-state index in [0.29, 0.717) is 18.7 Å². The summed E-state index contributed by atoms with van der Waals surface area (Å²) < 4.78 is 10.6. The predicted octanol–water partition coefficient (Wildman–Crippen LogP) is 2.93. The fraction of sp³-hybridized carbons (Fsp3) is 0.312. The topological polar surface area (TPSA) is 65.5 Å². The zero-order chi connectivity index (χ0) is 14.6. The molecule has 1 unspecified atom stereocenters. The van der Waals surface area contributed by atoms with Crippen LogP contribution in [0.2, 0.25) is 0 Å². The van der Waals surface area contributed by atoms with E-state index in [9.17, 15) is 4.79 Å². The number of nitrogen functional groups attached to an aromatic ring is 1. The Kier molecular flexibility index (Phi) is 4.13. The first-order valence-corrected chi connectivity index (χ1v) is 6.62. The molecule has 1 atom stereocenters. The van der Waals surface area contributed by atoms with Gasteiger partial charge in [-0.15, -0.1) is 0 Å². The van der Waals surface area contributed by atoms with E-state index in [4.69, 9.17) is 14.9 Å². The number of hydrogen-bond acceptors (Lipinski definition) is 4. The number of furan rings is 1. The maximum absolute atomic E-state index is 12.4. The van der Waals surface area contributed by atoms with Crippen molar-refractivity contribution in [1.82, 2.24) is 0 Å². The van der Waals surface area contributed by atoms with Gasteiger partial charge in [0.25, 0.3) is 0 Å². The van der Waals surface area contributed by atoms with Gasteiger partial charge in [-0.3, -0.25) is 4.79 Å². The molecule has 4 nitrogen and oxygen atoms in total. The molecular weight excluding hydrogens is 254 g/mol. The van der Waals surface area contributed by atoms with Crippen LogP contribution < -0.4 is 5.73 Å². The lowest BCUT2D eigenvalue weighted by molar-refractivity contribution is -0.149. The Hall–Kier alpha value is -2.23. The van der Waals surface area contributed by atoms with Crippen molar-refractivity contribution in [2.45, 2.75) is 25.7 Å². The molecule has 0 radical (unpaired) electrons. The number of carbonyl (C=O) groups is 1. The largest absolute Gasteiger partial charge is 0.469 e. The fourth-order valence-corrected chi connectivity index (χ4v) is 2.20. The van der Waals surface area contributed by atoms with E-state index < -0.39 is 5.41 Å². The molecule has 0 saturated heterocycles. The van der Waals surface area contributed by atoms with E-state index in [1.807, 2.05) is 31.2 Å². The Labute approximate surface area is 118 Å². The molecule has 1 aromatic carbocycles. The highest BCUT2D eigenvalue weighted by molar-refractivity contribution is 5.83. The normalized spacial score (nSPS) is 13.7. The molecule has 0 aliphatic carbocycles. The van der Waals surface area contributed by atoms with Crippen LogP contribution in [0.15, 0.2) is 47.1 Å². The number of ether oxygens (including phenoxy) is 1. The second-order valence-electron chi connectivity index (χ2n) is 4.93. The summed E-state index contributed by atoms with van der Waals surface area (Å²) in [6, 6.07) is 11.0. The van der Waals surface area contributed by atoms with Crippen LogP contribution in [0, 0.1) is 0 Å². The number of rotatable bonds is 5. The molecule has 2 rings (SSSR count). The third kappa shape index (κ3) is 2.85. The number of anilines is 1. The van der Waals surface area contributed by atoms with Crippen LogP contribution in [0.25, 0.3) is 0 Å². The summed E-state index contributed by atoms with van der Waals surface area (Å²) in [5.41, 5.74) is 6.44. The number of esters is 1. The van der Waals surface area contributed by atoms with Crippen molar-refractivity contribution in [3.63, 3.8) is 0 Å². The molecule has 20 heavy (non-hydrogen) atoms. The summed E-state index contributed by atoms with van der Waals surface area (Å²) in [7, 11) is 0. The van der Waals surface area contributed by atoms with Gasteiger partial charge in [-0.1, -0.05) is 12.1 Å². The molecule has 0 spiro atoms. The number of benzene rings is 1. The van der Waals surface area contributed by atoms with Crippen molar-refractivity contribution >= 4 is 11.7 Å². The zero-order valence-corrected chi connectivity index (χ0v) is 11.8. The van der Waals surface area contributed by atoms with Crippen molar-refractivity contribution in [3.05, 3.63) is 54.0 Å². The molecule has 0 aliphatic rings. The quantitative estimate of drug-likeness (QED) is 0.672. The van der Waals surface area contributed by atoms with E-state index in [1.54, 1.807) is 25.3 Å². The summed E-state index contributed by atoms with van der Waals surface area (Å²) >= 11 is 0. The maximum Gasteiger partial charge on any atom is 0.316 e. The van der Waals surface area contributed by atoms with Gasteiger partial charge in [-0.25, -0.2) is 0 Å². The van der Waals surface area contributed by atoms with Crippen LogP contribution in [-0.4, -0.2) is 12.6 Å². The van der Waals surface area contributed by atoms with Crippen LogP contribution >= 0.6 is 0 Å². The monoisotopic (exact) mass is 273 g/mol. The lowest BCUT2D eigenvalue weighted by Gasteiger charge is -2.27. The lowest BCUT2D eigenvalue weighted by Crippen LogP contribution is -2.36. The Morgan fingerprint density at radius 2 is 2.00 bits per heavy atom. The van der Waals surface area contributed by atoms with Crippen molar-refractivity contribution in [2.75, 3.05) is 12.3 Å². The SMILES string of the molecule is CCOC(=O)C(C)(Cc1ccco1)c1ccc(N)cc1. The van der Waals surface area contributed by atoms with Crippen LogP contribution in [-0.2, 0) is 21.4 Å². The van der Waals surface area contributed by atoms with Gasteiger partial charge in [0.05, 0.1) is 18.3 Å². The highest BCUT2D eigenvalue weighted by Crippen LogP contribution is 2.30. The third-order valence-corrected chi connectivity index (χ3v) is 3.38. The Balaban J connectivity index is 2.37. The number of carbonyl (C=O) groups excluding carboxylic acids is 1. The van der Waals surface area contributed by atoms with Crippen molar-refractivity contribution in [2.24, 2.45) is 0 Å². The first-order valence-electron chi connectivity index (χ1n) is 6.62. The lowest BCUT2D eigenvalue weighted by atomic mass is 9.78. The summed E-state index contributed by atoms with van der Waals surface area (Å²) in [4.78, 5) is 12.4. The first-order chi connectivity index (χ1) is 9.56. The first kappa shape index (κ1) is 14.2. The molecule has 106 valence electrons. The van der Waals surface area contributed by atoms with Gasteiger partial charge < -0.3 is 14.9 Å². The molecule has 0 bridgehead atoms. The Morgan fingerprint density at radius 3 is 2.55 bits per heavy atom. The highest BCUT2D eigenvalue weighted by Gasteiger charge is 2.37. The standard InChI is InChI=1S/C16H19NO3/c1-3-19-15(18)16(2,11-14-5-4-10-20-14)12-6-8-13(17)9-7-12/h4-10H,3,11,17H2,1-2H3. The van der Waals surface area contributed by atoms with Gasteiger partial charge >= 0.3 is 5.97 Å². The molecule has 0 fully saturated rings. The minimum Gasteiger partial charge on any atom is -0.469 e. The Bertz CT molecular complexity index is 560. The van der Waals surface area contributed by atoms with Gasteiger partial charge in [0, 0.05) is 12.1 Å². The second kappa shape index (κ2) is 5.82. The van der Waals surface area contributed by atoms with E-state index >= 15 is 0 Å². The summed E-state index contributed by atoms with van der Waals surface area (Å²) in [5.74, 6) is 0.485. The van der Waals surface area contributed by atoms with Gasteiger partial charge in [0.1, 0.15) is 5.76 Å². The van der Waals surface area contributed by atoms with E-state index in [0.717, 1.165) is 11.3 Å². The molecule has 2 N–H and O–H groups in total. The van der Waals surface area contributed by atoms with Gasteiger partial charge in [-0.05, 0) is 43.7 Å². The second-order valence-corrected chi connectivity index (χ2v) is 4.93. The average Bonchev–Trinajstić information content (AvgIpc) is 2.92. The van der Waals surface area contributed by atoms with Gasteiger partial charge in [-0.2, -0.15) is 0 Å². The van der Waals surface area contributed by atoms with Crippen molar-refractivity contribution in [1.29, 1.82) is 0 Å². The highest BCUT2D eigenvalue weighted by atomic mass is 16.5. The van der Waals surface area contributed by atoms with Crippen LogP contribution in [0.5, 0.6) is 0 Å². The zero-order valence-electron chi connectivity index (χ0n) is 11.8. The molecule has 0 saturated carbocycles.